The lowest BCUT2D eigenvalue weighted by molar-refractivity contribution is -0.159. The summed E-state index contributed by atoms with van der Waals surface area (Å²) in [4.78, 5) is 26.2. The first kappa shape index (κ1) is 28.3. The normalized spacial score (nSPS) is 12.4. The minimum absolute atomic E-state index is 0.262. The molecule has 5 nitrogen and oxygen atoms in total. The lowest BCUT2D eigenvalue weighted by atomic mass is 9.98. The van der Waals surface area contributed by atoms with Gasteiger partial charge in [-0.2, -0.15) is 0 Å². The van der Waals surface area contributed by atoms with E-state index in [0.29, 0.717) is 16.9 Å². The molecule has 1 heterocycles. The number of esters is 2. The van der Waals surface area contributed by atoms with E-state index in [2.05, 4.69) is 17.5 Å². The summed E-state index contributed by atoms with van der Waals surface area (Å²) in [5.74, 6) is -0.631. The minimum atomic E-state index is -0.997. The van der Waals surface area contributed by atoms with Crippen LogP contribution >= 0.6 is 10.5 Å². The molecule has 0 fully saturated rings. The highest BCUT2D eigenvalue weighted by atomic mass is 32.2. The number of benzene rings is 3. The van der Waals surface area contributed by atoms with E-state index in [1.807, 2.05) is 58.9 Å². The largest absolute Gasteiger partial charge is 0.481 e. The molecule has 0 bridgehead atoms. The molecule has 39 heavy (non-hydrogen) atoms. The zero-order chi connectivity index (χ0) is 28.5. The lowest BCUT2D eigenvalue weighted by Gasteiger charge is -2.26. The summed E-state index contributed by atoms with van der Waals surface area (Å²) >= 11 is 0. The highest BCUT2D eigenvalue weighted by Gasteiger charge is 2.27. The SMILES string of the molecule is Cc1cc(-[s+]2ccc3cc(C(=O)OC(C)(C)C)ccc32)cc(C)c1OCC(=O)OC(C)(C)c1cccc(F)c1. The van der Waals surface area contributed by atoms with Gasteiger partial charge in [0.15, 0.2) is 16.2 Å². The topological polar surface area (TPSA) is 61.8 Å². The van der Waals surface area contributed by atoms with Gasteiger partial charge in [0.2, 0.25) is 0 Å². The number of aryl methyl sites for hydroxylation is 2. The van der Waals surface area contributed by atoms with E-state index >= 15 is 0 Å². The molecule has 1 atom stereocenters. The van der Waals surface area contributed by atoms with E-state index < -0.39 is 17.2 Å². The zero-order valence-electron chi connectivity index (χ0n) is 23.4. The Labute approximate surface area is 231 Å². The summed E-state index contributed by atoms with van der Waals surface area (Å²) in [6.07, 6.45) is 0. The monoisotopic (exact) mass is 549 g/mol. The van der Waals surface area contributed by atoms with E-state index in [9.17, 15) is 14.0 Å². The van der Waals surface area contributed by atoms with Gasteiger partial charge in [-0.25, -0.2) is 14.0 Å². The van der Waals surface area contributed by atoms with Crippen molar-refractivity contribution in [1.82, 2.24) is 0 Å². The van der Waals surface area contributed by atoms with Crippen molar-refractivity contribution >= 4 is 32.5 Å². The fourth-order valence-electron chi connectivity index (χ4n) is 4.40. The Hall–Kier alpha value is -3.71. The van der Waals surface area contributed by atoms with Crippen molar-refractivity contribution < 1.29 is 28.2 Å². The van der Waals surface area contributed by atoms with Crippen LogP contribution < -0.4 is 4.74 Å². The van der Waals surface area contributed by atoms with Crippen molar-refractivity contribution in [2.24, 2.45) is 0 Å². The van der Waals surface area contributed by atoms with Crippen LogP contribution in [0.3, 0.4) is 0 Å². The molecule has 1 aromatic heterocycles. The number of hydrogen-bond donors (Lipinski definition) is 0. The van der Waals surface area contributed by atoms with E-state index in [1.165, 1.54) is 12.1 Å². The van der Waals surface area contributed by atoms with Crippen molar-refractivity contribution in [3.63, 3.8) is 0 Å². The Kier molecular flexibility index (Phi) is 7.84. The molecule has 0 radical (unpaired) electrons. The molecular formula is C32H34FO5S+. The standard InChI is InChI=1S/C32H34FO5S/c1-20-15-26(39-14-13-22-17-23(11-12-27(22)39)30(35)38-31(3,4)5)16-21(2)29(20)36-19-28(34)37-32(6,7)24-9-8-10-25(33)18-24/h8-18H,19H2,1-7H3/q+1. The second-order valence-electron chi connectivity index (χ2n) is 11.1. The second kappa shape index (κ2) is 10.8. The van der Waals surface area contributed by atoms with Crippen LogP contribution in [-0.2, 0) is 19.9 Å². The molecule has 4 rings (SSSR count). The molecule has 204 valence electrons. The van der Waals surface area contributed by atoms with Crippen LogP contribution in [-0.4, -0.2) is 24.1 Å². The van der Waals surface area contributed by atoms with Crippen LogP contribution in [0, 0.1) is 19.7 Å². The summed E-state index contributed by atoms with van der Waals surface area (Å²) in [6, 6.07) is 17.9. The van der Waals surface area contributed by atoms with Gasteiger partial charge in [-0.1, -0.05) is 12.1 Å². The van der Waals surface area contributed by atoms with Crippen molar-refractivity contribution in [2.45, 2.75) is 59.7 Å². The third-order valence-electron chi connectivity index (χ3n) is 6.18. The Balaban J connectivity index is 1.49. The van der Waals surface area contributed by atoms with Crippen molar-refractivity contribution in [3.8, 4) is 10.6 Å². The van der Waals surface area contributed by atoms with Gasteiger partial charge >= 0.3 is 11.9 Å². The molecule has 4 aromatic rings. The summed E-state index contributed by atoms with van der Waals surface area (Å²) in [5, 5.41) is 3.14. The highest BCUT2D eigenvalue weighted by molar-refractivity contribution is 7.43. The average molecular weight is 550 g/mol. The van der Waals surface area contributed by atoms with Gasteiger partial charge in [0.25, 0.3) is 0 Å². The zero-order valence-corrected chi connectivity index (χ0v) is 24.2. The molecular weight excluding hydrogens is 515 g/mol. The number of ether oxygens (including phenoxy) is 3. The predicted molar refractivity (Wildman–Crippen MR) is 153 cm³/mol. The first-order valence-corrected chi connectivity index (χ1v) is 14.0. The van der Waals surface area contributed by atoms with Crippen LogP contribution in [0.1, 0.15) is 61.7 Å². The number of thiophene rings is 1. The van der Waals surface area contributed by atoms with Crippen LogP contribution in [0.25, 0.3) is 15.0 Å². The smallest absolute Gasteiger partial charge is 0.345 e. The Morgan fingerprint density at radius 2 is 1.56 bits per heavy atom. The Bertz CT molecular complexity index is 1520. The van der Waals surface area contributed by atoms with Crippen molar-refractivity contribution in [3.05, 3.63) is 94.1 Å². The van der Waals surface area contributed by atoms with Gasteiger partial charge in [0.1, 0.15) is 28.1 Å². The molecule has 7 heteroatoms. The fourth-order valence-corrected chi connectivity index (χ4v) is 6.44. The maximum atomic E-state index is 13.6. The van der Waals surface area contributed by atoms with Crippen LogP contribution in [0.2, 0.25) is 0 Å². The fraction of sp³-hybridized carbons (Fsp3) is 0.312. The minimum Gasteiger partial charge on any atom is -0.481 e. The number of carbonyl (C=O) groups excluding carboxylic acids is 2. The van der Waals surface area contributed by atoms with E-state index in [0.717, 1.165) is 26.1 Å². The van der Waals surface area contributed by atoms with Crippen LogP contribution in [0.5, 0.6) is 5.75 Å². The third-order valence-corrected chi connectivity index (χ3v) is 8.17. The highest BCUT2D eigenvalue weighted by Crippen LogP contribution is 2.42. The molecule has 0 N–H and O–H groups in total. The third kappa shape index (κ3) is 6.66. The molecule has 0 aliphatic carbocycles. The maximum absolute atomic E-state index is 13.6. The maximum Gasteiger partial charge on any atom is 0.345 e. The molecule has 0 aliphatic heterocycles. The van der Waals surface area contributed by atoms with Crippen LogP contribution in [0.4, 0.5) is 4.39 Å². The van der Waals surface area contributed by atoms with E-state index in [1.54, 1.807) is 26.0 Å². The van der Waals surface area contributed by atoms with Gasteiger partial charge in [-0.15, -0.1) is 0 Å². The molecule has 0 spiro atoms. The molecule has 3 aromatic carbocycles. The number of rotatable bonds is 7. The Morgan fingerprint density at radius 1 is 0.872 bits per heavy atom. The Morgan fingerprint density at radius 3 is 2.21 bits per heavy atom. The van der Waals surface area contributed by atoms with Crippen molar-refractivity contribution in [2.75, 3.05) is 6.61 Å². The molecule has 0 aliphatic rings. The average Bonchev–Trinajstić information content (AvgIpc) is 3.25. The van der Waals surface area contributed by atoms with Gasteiger partial charge in [-0.3, -0.25) is 0 Å². The first-order chi connectivity index (χ1) is 18.2. The van der Waals surface area contributed by atoms with Gasteiger partial charge in [0, 0.05) is 34.1 Å². The molecule has 0 saturated heterocycles. The van der Waals surface area contributed by atoms with Gasteiger partial charge in [0.05, 0.1) is 5.56 Å². The molecule has 0 amide bonds. The van der Waals surface area contributed by atoms with E-state index in [-0.39, 0.29) is 28.9 Å². The second-order valence-corrected chi connectivity index (χ2v) is 12.9. The summed E-state index contributed by atoms with van der Waals surface area (Å²) < 4.78 is 31.8. The van der Waals surface area contributed by atoms with Crippen LogP contribution in [0.15, 0.2) is 66.0 Å². The lowest BCUT2D eigenvalue weighted by Crippen LogP contribution is -2.28. The molecule has 1 unspecified atom stereocenters. The number of halogens is 1. The summed E-state index contributed by atoms with van der Waals surface area (Å²) in [5.41, 5.74) is 1.36. The van der Waals surface area contributed by atoms with E-state index in [4.69, 9.17) is 14.2 Å². The summed E-state index contributed by atoms with van der Waals surface area (Å²) in [7, 11) is -0.295. The van der Waals surface area contributed by atoms with Gasteiger partial charge in [-0.05, 0) is 95.5 Å². The molecule has 0 saturated carbocycles. The number of hydrogen-bond acceptors (Lipinski definition) is 5. The number of carbonyl (C=O) groups is 2. The first-order valence-electron chi connectivity index (χ1n) is 12.7. The number of fused-ring (bicyclic) bond motifs is 1. The van der Waals surface area contributed by atoms with Crippen molar-refractivity contribution in [1.29, 1.82) is 0 Å². The quantitative estimate of drug-likeness (QED) is 0.172. The van der Waals surface area contributed by atoms with Gasteiger partial charge < -0.3 is 14.2 Å². The summed E-state index contributed by atoms with van der Waals surface area (Å²) in [6.45, 7) is 12.6. The predicted octanol–water partition coefficient (Wildman–Crippen LogP) is 8.15.